The molecule has 266 valence electrons. The second-order valence-corrected chi connectivity index (χ2v) is 14.4. The third-order valence-corrected chi connectivity index (χ3v) is 10.8. The molecule has 3 fully saturated rings. The number of nitrogens with zero attached hydrogens (tertiary/aromatic N) is 7. The average Bonchev–Trinajstić information content (AvgIpc) is 3.77. The van der Waals surface area contributed by atoms with E-state index in [2.05, 4.69) is 57.2 Å². The van der Waals surface area contributed by atoms with Crippen LogP contribution in [0.3, 0.4) is 0 Å². The van der Waals surface area contributed by atoms with Gasteiger partial charge in [0.1, 0.15) is 24.5 Å². The summed E-state index contributed by atoms with van der Waals surface area (Å²) in [6, 6.07) is 9.65. The zero-order valence-electron chi connectivity index (χ0n) is 29.7. The van der Waals surface area contributed by atoms with E-state index < -0.39 is 0 Å². The normalized spacial score (nSPS) is 21.9. The molecule has 11 heteroatoms. The molecule has 0 atom stereocenters. The van der Waals surface area contributed by atoms with Gasteiger partial charge in [-0.25, -0.2) is 9.98 Å². The van der Waals surface area contributed by atoms with E-state index in [1.54, 1.807) is 13.8 Å². The summed E-state index contributed by atoms with van der Waals surface area (Å²) in [7, 11) is 0. The van der Waals surface area contributed by atoms with Gasteiger partial charge in [0.15, 0.2) is 0 Å². The molecule has 1 spiro atoms. The van der Waals surface area contributed by atoms with Gasteiger partial charge in [-0.15, -0.1) is 5.12 Å². The number of benzene rings is 1. The Kier molecular flexibility index (Phi) is 11.5. The number of hydrogen-bond donors (Lipinski definition) is 0. The van der Waals surface area contributed by atoms with Crippen LogP contribution in [0.5, 0.6) is 0 Å². The highest BCUT2D eigenvalue weighted by molar-refractivity contribution is 6.00. The highest BCUT2D eigenvalue weighted by Gasteiger charge is 2.42. The summed E-state index contributed by atoms with van der Waals surface area (Å²) in [5.41, 5.74) is 4.16. The lowest BCUT2D eigenvalue weighted by atomic mass is 9.77. The Balaban J connectivity index is 1.12. The van der Waals surface area contributed by atoms with E-state index in [9.17, 15) is 9.59 Å². The Hall–Kier alpha value is -3.54. The Labute approximate surface area is 292 Å². The van der Waals surface area contributed by atoms with Crippen molar-refractivity contribution in [2.45, 2.75) is 97.2 Å². The molecule has 4 heterocycles. The third-order valence-electron chi connectivity index (χ3n) is 10.8. The van der Waals surface area contributed by atoms with Gasteiger partial charge in [-0.1, -0.05) is 56.7 Å². The molecule has 0 radical (unpaired) electrons. The van der Waals surface area contributed by atoms with E-state index in [-0.39, 0.29) is 24.8 Å². The molecule has 1 aromatic carbocycles. The summed E-state index contributed by atoms with van der Waals surface area (Å²) >= 11 is 0. The van der Waals surface area contributed by atoms with Crippen LogP contribution in [0, 0.1) is 5.41 Å². The minimum absolute atomic E-state index is 0.0113. The van der Waals surface area contributed by atoms with Crippen LogP contribution < -0.4 is 0 Å². The van der Waals surface area contributed by atoms with E-state index in [1.165, 1.54) is 83.1 Å². The number of rotatable bonds is 13. The van der Waals surface area contributed by atoms with E-state index in [4.69, 9.17) is 9.47 Å². The fourth-order valence-electron chi connectivity index (χ4n) is 8.31. The van der Waals surface area contributed by atoms with Crippen LogP contribution in [0.25, 0.3) is 0 Å². The van der Waals surface area contributed by atoms with E-state index in [1.807, 2.05) is 15.1 Å². The molecule has 2 saturated heterocycles. The fraction of sp³-hybridized carbons (Fsp3) is 0.632. The molecular formula is C38H55N7O4. The molecule has 6 rings (SSSR count). The van der Waals surface area contributed by atoms with Gasteiger partial charge in [-0.3, -0.25) is 24.5 Å². The highest BCUT2D eigenvalue weighted by atomic mass is 16.5. The standard InChI is InChI=1S/C38H55N7O4/c1-5-48-36(46)22-34-39-29(3)24-43(34)45(44-25-30(4)40-35(44)23-37(47)49-6-2)27-32-14-12-31(13-15-32)26-41-19-16-38(28-41)17-20-42(21-18-38)33-10-8-7-9-11-33/h12-15,33H,3-11,16-28H2,1-2H3. The van der Waals surface area contributed by atoms with Gasteiger partial charge in [0, 0.05) is 19.1 Å². The Morgan fingerprint density at radius 3 is 1.90 bits per heavy atom. The molecular weight excluding hydrogens is 618 g/mol. The van der Waals surface area contributed by atoms with Crippen molar-refractivity contribution in [3.8, 4) is 0 Å². The summed E-state index contributed by atoms with van der Waals surface area (Å²) in [5, 5.41) is 5.89. The monoisotopic (exact) mass is 673 g/mol. The van der Waals surface area contributed by atoms with Crippen molar-refractivity contribution in [2.75, 3.05) is 52.5 Å². The first-order valence-electron chi connectivity index (χ1n) is 18.4. The van der Waals surface area contributed by atoms with E-state index >= 15 is 0 Å². The number of ether oxygens (including phenoxy) is 2. The molecule has 1 saturated carbocycles. The van der Waals surface area contributed by atoms with Gasteiger partial charge in [0.2, 0.25) is 0 Å². The zero-order valence-corrected chi connectivity index (χ0v) is 29.7. The molecule has 1 aliphatic carbocycles. The third kappa shape index (κ3) is 8.80. The number of carbonyl (C=O) groups excluding carboxylic acids is 2. The smallest absolute Gasteiger partial charge is 0.313 e. The first-order valence-corrected chi connectivity index (χ1v) is 18.4. The maximum absolute atomic E-state index is 12.5. The zero-order chi connectivity index (χ0) is 34.4. The summed E-state index contributed by atoms with van der Waals surface area (Å²) in [5.74, 6) is 0.381. The van der Waals surface area contributed by atoms with E-state index in [0.717, 1.165) is 18.2 Å². The summed E-state index contributed by atoms with van der Waals surface area (Å²) < 4.78 is 10.5. The van der Waals surface area contributed by atoms with Crippen molar-refractivity contribution < 1.29 is 19.1 Å². The van der Waals surface area contributed by atoms with Crippen molar-refractivity contribution in [3.05, 3.63) is 59.9 Å². The predicted molar refractivity (Wildman–Crippen MR) is 191 cm³/mol. The number of aliphatic imine (C=N–C) groups is 2. The molecule has 49 heavy (non-hydrogen) atoms. The lowest BCUT2D eigenvalue weighted by Gasteiger charge is -2.44. The van der Waals surface area contributed by atoms with Crippen molar-refractivity contribution in [1.82, 2.24) is 24.9 Å². The van der Waals surface area contributed by atoms with Gasteiger partial charge < -0.3 is 14.4 Å². The Morgan fingerprint density at radius 2 is 1.35 bits per heavy atom. The second kappa shape index (κ2) is 16.0. The van der Waals surface area contributed by atoms with Crippen molar-refractivity contribution in [1.29, 1.82) is 0 Å². The highest BCUT2D eigenvalue weighted by Crippen LogP contribution is 2.42. The van der Waals surface area contributed by atoms with Crippen molar-refractivity contribution in [3.63, 3.8) is 0 Å². The molecule has 11 nitrogen and oxygen atoms in total. The SMILES string of the molecule is C=C1CN(N(Cc2ccc(CN3CCC4(CCN(C5CCCCC5)CC4)C3)cc2)N2CC(=C)N=C2CC(=O)OCC)C(CC(=O)OCC)=N1. The first kappa shape index (κ1) is 35.3. The summed E-state index contributed by atoms with van der Waals surface area (Å²) in [6.45, 7) is 19.5. The molecule has 0 unspecified atom stereocenters. The van der Waals surface area contributed by atoms with E-state index in [0.29, 0.717) is 61.3 Å². The molecule has 0 amide bonds. The number of esters is 2. The maximum Gasteiger partial charge on any atom is 0.313 e. The maximum atomic E-state index is 12.5. The topological polar surface area (TPSA) is 93.5 Å². The number of piperidine rings is 1. The van der Waals surface area contributed by atoms with Crippen LogP contribution in [0.15, 0.2) is 58.8 Å². The van der Waals surface area contributed by atoms with Gasteiger partial charge in [0.05, 0.1) is 44.2 Å². The minimum atomic E-state index is -0.352. The van der Waals surface area contributed by atoms with Crippen LogP contribution in [-0.2, 0) is 32.2 Å². The fourth-order valence-corrected chi connectivity index (χ4v) is 8.31. The van der Waals surface area contributed by atoms with Crippen molar-refractivity contribution >= 4 is 23.6 Å². The summed E-state index contributed by atoms with van der Waals surface area (Å²) in [4.78, 5) is 39.8. The number of likely N-dealkylation sites (tertiary alicyclic amines) is 2. The van der Waals surface area contributed by atoms with Crippen LogP contribution >= 0.6 is 0 Å². The number of hydrogen-bond acceptors (Lipinski definition) is 11. The lowest BCUT2D eigenvalue weighted by Crippen LogP contribution is -2.55. The minimum Gasteiger partial charge on any atom is -0.466 e. The van der Waals surface area contributed by atoms with Crippen LogP contribution in [0.4, 0.5) is 0 Å². The van der Waals surface area contributed by atoms with Crippen molar-refractivity contribution in [2.24, 2.45) is 15.4 Å². The number of amidine groups is 2. The quantitative estimate of drug-likeness (QED) is 0.259. The summed E-state index contributed by atoms with van der Waals surface area (Å²) in [6.07, 6.45) is 11.1. The van der Waals surface area contributed by atoms with Gasteiger partial charge in [0.25, 0.3) is 0 Å². The molecule has 0 N–H and O–H groups in total. The number of hydrazine groups is 2. The molecule has 4 aliphatic heterocycles. The molecule has 0 bridgehead atoms. The van der Waals surface area contributed by atoms with Crippen LogP contribution in [0.1, 0.15) is 89.2 Å². The van der Waals surface area contributed by atoms with Crippen LogP contribution in [0.2, 0.25) is 0 Å². The van der Waals surface area contributed by atoms with Gasteiger partial charge in [-0.2, -0.15) is 0 Å². The van der Waals surface area contributed by atoms with Gasteiger partial charge in [-0.05, 0) is 82.1 Å². The lowest BCUT2D eigenvalue weighted by molar-refractivity contribution is -0.142. The Bertz CT molecular complexity index is 1370. The molecule has 5 aliphatic rings. The second-order valence-electron chi connectivity index (χ2n) is 14.4. The Morgan fingerprint density at radius 1 is 0.816 bits per heavy atom. The van der Waals surface area contributed by atoms with Gasteiger partial charge >= 0.3 is 11.9 Å². The largest absolute Gasteiger partial charge is 0.466 e. The first-order chi connectivity index (χ1) is 23.7. The molecule has 1 aromatic rings. The molecule has 0 aromatic heterocycles. The van der Waals surface area contributed by atoms with Crippen LogP contribution in [-0.4, -0.2) is 107 Å². The predicted octanol–water partition coefficient (Wildman–Crippen LogP) is 5.30. The number of carbonyl (C=O) groups is 2. The average molecular weight is 674 g/mol.